The molecular formula is C12H22N2O. The highest BCUT2D eigenvalue weighted by molar-refractivity contribution is 5.80. The number of rotatable bonds is 2. The van der Waals surface area contributed by atoms with Crippen molar-refractivity contribution in [2.45, 2.75) is 63.5 Å². The Morgan fingerprint density at radius 1 is 1.00 bits per heavy atom. The minimum atomic E-state index is -0.111. The first-order valence-electron chi connectivity index (χ1n) is 6.34. The number of likely N-dealkylation sites (tertiary alicyclic amines) is 1. The number of nitrogens with zero attached hydrogens (tertiary/aromatic N) is 1. The lowest BCUT2D eigenvalue weighted by Crippen LogP contribution is -2.52. The fourth-order valence-electron chi connectivity index (χ4n) is 3.11. The van der Waals surface area contributed by atoms with Gasteiger partial charge >= 0.3 is 0 Å². The van der Waals surface area contributed by atoms with Crippen molar-refractivity contribution < 1.29 is 4.79 Å². The zero-order valence-electron chi connectivity index (χ0n) is 9.45. The molecule has 3 nitrogen and oxygen atoms in total. The molecule has 3 heteroatoms. The first kappa shape index (κ1) is 10.9. The van der Waals surface area contributed by atoms with Gasteiger partial charge < -0.3 is 5.73 Å². The van der Waals surface area contributed by atoms with E-state index < -0.39 is 0 Å². The van der Waals surface area contributed by atoms with E-state index in [0.29, 0.717) is 6.04 Å². The maximum atomic E-state index is 11.4. The van der Waals surface area contributed by atoms with Crippen LogP contribution in [0.15, 0.2) is 0 Å². The smallest absolute Gasteiger partial charge is 0.234 e. The lowest BCUT2D eigenvalue weighted by molar-refractivity contribution is -0.125. The number of primary amides is 1. The second-order valence-corrected chi connectivity index (χ2v) is 4.94. The Labute approximate surface area is 92.0 Å². The van der Waals surface area contributed by atoms with Gasteiger partial charge in [0, 0.05) is 6.04 Å². The molecule has 0 unspecified atom stereocenters. The van der Waals surface area contributed by atoms with Crippen molar-refractivity contribution in [3.8, 4) is 0 Å². The highest BCUT2D eigenvalue weighted by Gasteiger charge is 2.32. The molecule has 1 amide bonds. The molecule has 0 radical (unpaired) electrons. The third-order valence-corrected chi connectivity index (χ3v) is 3.92. The maximum Gasteiger partial charge on any atom is 0.234 e. The highest BCUT2D eigenvalue weighted by atomic mass is 16.1. The molecular weight excluding hydrogens is 188 g/mol. The fourth-order valence-corrected chi connectivity index (χ4v) is 3.11. The summed E-state index contributed by atoms with van der Waals surface area (Å²) in [6.45, 7) is 1.08. The lowest BCUT2D eigenvalue weighted by atomic mass is 9.90. The monoisotopic (exact) mass is 210 g/mol. The van der Waals surface area contributed by atoms with Crippen molar-refractivity contribution >= 4 is 5.91 Å². The first-order valence-corrected chi connectivity index (χ1v) is 6.34. The number of nitrogens with two attached hydrogens (primary N) is 1. The van der Waals surface area contributed by atoms with Crippen LogP contribution < -0.4 is 5.73 Å². The van der Waals surface area contributed by atoms with Crippen LogP contribution in [-0.2, 0) is 4.79 Å². The maximum absolute atomic E-state index is 11.4. The van der Waals surface area contributed by atoms with Gasteiger partial charge in [0.05, 0.1) is 6.04 Å². The van der Waals surface area contributed by atoms with Crippen LogP contribution in [-0.4, -0.2) is 29.4 Å². The lowest BCUT2D eigenvalue weighted by Gasteiger charge is -2.41. The molecule has 1 aliphatic carbocycles. The van der Waals surface area contributed by atoms with E-state index in [1.165, 1.54) is 38.5 Å². The second kappa shape index (κ2) is 4.97. The van der Waals surface area contributed by atoms with Crippen LogP contribution in [0.2, 0.25) is 0 Å². The molecule has 0 aromatic rings. The van der Waals surface area contributed by atoms with Gasteiger partial charge in [-0.2, -0.15) is 0 Å². The third kappa shape index (κ3) is 2.51. The molecule has 1 heterocycles. The second-order valence-electron chi connectivity index (χ2n) is 4.94. The van der Waals surface area contributed by atoms with Gasteiger partial charge in [0.15, 0.2) is 0 Å². The van der Waals surface area contributed by atoms with Crippen molar-refractivity contribution in [2.75, 3.05) is 6.54 Å². The zero-order valence-corrected chi connectivity index (χ0v) is 9.45. The highest BCUT2D eigenvalue weighted by Crippen LogP contribution is 2.28. The molecule has 2 rings (SSSR count). The SMILES string of the molecule is NC(=O)[C@@H]1CCCCN1C1CCCCC1. The van der Waals surface area contributed by atoms with Crippen LogP contribution in [0.1, 0.15) is 51.4 Å². The summed E-state index contributed by atoms with van der Waals surface area (Å²) in [4.78, 5) is 13.8. The molecule has 0 aromatic heterocycles. The predicted molar refractivity (Wildman–Crippen MR) is 60.4 cm³/mol. The van der Waals surface area contributed by atoms with Gasteiger partial charge in [-0.3, -0.25) is 9.69 Å². The largest absolute Gasteiger partial charge is 0.368 e. The predicted octanol–water partition coefficient (Wildman–Crippen LogP) is 1.66. The van der Waals surface area contributed by atoms with Crippen molar-refractivity contribution in [3.63, 3.8) is 0 Å². The van der Waals surface area contributed by atoms with Crippen LogP contribution in [0.25, 0.3) is 0 Å². The van der Waals surface area contributed by atoms with Crippen LogP contribution in [0.3, 0.4) is 0 Å². The van der Waals surface area contributed by atoms with Gasteiger partial charge in [-0.1, -0.05) is 25.7 Å². The normalized spacial score (nSPS) is 30.3. The first-order chi connectivity index (χ1) is 7.29. The number of carbonyl (C=O) groups is 1. The Balaban J connectivity index is 1.99. The number of carbonyl (C=O) groups excluding carboxylic acids is 1. The van der Waals surface area contributed by atoms with Crippen molar-refractivity contribution in [2.24, 2.45) is 5.73 Å². The summed E-state index contributed by atoms with van der Waals surface area (Å²) in [5, 5.41) is 0. The number of hydrogen-bond acceptors (Lipinski definition) is 2. The molecule has 1 saturated carbocycles. The average Bonchev–Trinajstić information content (AvgIpc) is 2.30. The van der Waals surface area contributed by atoms with E-state index in [9.17, 15) is 4.79 Å². The topological polar surface area (TPSA) is 46.3 Å². The van der Waals surface area contributed by atoms with Crippen molar-refractivity contribution in [1.29, 1.82) is 0 Å². The van der Waals surface area contributed by atoms with Gasteiger partial charge in [-0.15, -0.1) is 0 Å². The molecule has 15 heavy (non-hydrogen) atoms. The van der Waals surface area contributed by atoms with E-state index in [4.69, 9.17) is 5.73 Å². The van der Waals surface area contributed by atoms with Crippen LogP contribution in [0.4, 0.5) is 0 Å². The standard InChI is InChI=1S/C12H22N2O/c13-12(15)11-8-4-5-9-14(11)10-6-2-1-3-7-10/h10-11H,1-9H2,(H2,13,15)/t11-/m0/s1. The summed E-state index contributed by atoms with van der Waals surface area (Å²) in [6.07, 6.45) is 9.93. The minimum Gasteiger partial charge on any atom is -0.368 e. The van der Waals surface area contributed by atoms with Gasteiger partial charge in [-0.05, 0) is 32.2 Å². The van der Waals surface area contributed by atoms with Gasteiger partial charge in [0.2, 0.25) is 5.91 Å². The molecule has 1 atom stereocenters. The summed E-state index contributed by atoms with van der Waals surface area (Å²) in [7, 11) is 0. The van der Waals surface area contributed by atoms with E-state index in [1.807, 2.05) is 0 Å². The Hall–Kier alpha value is -0.570. The Kier molecular flexibility index (Phi) is 3.62. The van der Waals surface area contributed by atoms with Crippen molar-refractivity contribution in [3.05, 3.63) is 0 Å². The van der Waals surface area contributed by atoms with E-state index in [-0.39, 0.29) is 11.9 Å². The minimum absolute atomic E-state index is 0.0295. The molecule has 2 fully saturated rings. The van der Waals surface area contributed by atoms with E-state index >= 15 is 0 Å². The van der Waals surface area contributed by atoms with Gasteiger partial charge in [0.25, 0.3) is 0 Å². The Morgan fingerprint density at radius 3 is 2.33 bits per heavy atom. The van der Waals surface area contributed by atoms with Gasteiger partial charge in [-0.25, -0.2) is 0 Å². The third-order valence-electron chi connectivity index (χ3n) is 3.92. The fraction of sp³-hybridized carbons (Fsp3) is 0.917. The van der Waals surface area contributed by atoms with Crippen LogP contribution in [0, 0.1) is 0 Å². The molecule has 86 valence electrons. The molecule has 0 bridgehead atoms. The van der Waals surface area contributed by atoms with E-state index in [0.717, 1.165) is 19.4 Å². The molecule has 1 saturated heterocycles. The molecule has 2 N–H and O–H groups in total. The quantitative estimate of drug-likeness (QED) is 0.753. The van der Waals surface area contributed by atoms with Crippen molar-refractivity contribution in [1.82, 2.24) is 4.90 Å². The van der Waals surface area contributed by atoms with E-state index in [1.54, 1.807) is 0 Å². The summed E-state index contributed by atoms with van der Waals surface area (Å²) in [5.74, 6) is -0.111. The van der Waals surface area contributed by atoms with Gasteiger partial charge in [0.1, 0.15) is 0 Å². The summed E-state index contributed by atoms with van der Waals surface area (Å²) >= 11 is 0. The summed E-state index contributed by atoms with van der Waals surface area (Å²) in [6, 6.07) is 0.665. The zero-order chi connectivity index (χ0) is 10.7. The molecule has 0 spiro atoms. The summed E-state index contributed by atoms with van der Waals surface area (Å²) < 4.78 is 0. The van der Waals surface area contributed by atoms with Crippen LogP contribution in [0.5, 0.6) is 0 Å². The molecule has 0 aromatic carbocycles. The Morgan fingerprint density at radius 2 is 1.67 bits per heavy atom. The number of piperidine rings is 1. The average molecular weight is 210 g/mol. The van der Waals surface area contributed by atoms with E-state index in [2.05, 4.69) is 4.90 Å². The Bertz CT molecular complexity index is 224. The summed E-state index contributed by atoms with van der Waals surface area (Å²) in [5.41, 5.74) is 5.48. The molecule has 1 aliphatic heterocycles. The van der Waals surface area contributed by atoms with Crippen LogP contribution >= 0.6 is 0 Å². The number of amides is 1. The number of hydrogen-bond donors (Lipinski definition) is 1. The molecule has 2 aliphatic rings.